The van der Waals surface area contributed by atoms with E-state index in [9.17, 15) is 13.2 Å². The predicted octanol–water partition coefficient (Wildman–Crippen LogP) is 4.53. The number of amides is 1. The van der Waals surface area contributed by atoms with E-state index in [1.165, 1.54) is 43.7 Å². The minimum Gasteiger partial charge on any atom is -0.493 e. The van der Waals surface area contributed by atoms with Crippen molar-refractivity contribution in [2.75, 3.05) is 7.11 Å². The molecule has 1 amide bonds. The SMILES string of the molecule is COc1cccc(C=NNC(=O)c2ccc(Cl)cc2Cl)c1OS(=O)(=O)c1ccccc1. The fraction of sp³-hybridized carbons (Fsp3) is 0.0476. The maximum Gasteiger partial charge on any atom is 0.339 e. The number of carbonyl (C=O) groups excluding carboxylic acids is 1. The molecule has 0 heterocycles. The first kappa shape index (κ1) is 22.6. The van der Waals surface area contributed by atoms with E-state index in [4.69, 9.17) is 32.1 Å². The van der Waals surface area contributed by atoms with Gasteiger partial charge in [-0.25, -0.2) is 5.43 Å². The highest BCUT2D eigenvalue weighted by atomic mass is 35.5. The van der Waals surface area contributed by atoms with Gasteiger partial charge in [0.2, 0.25) is 0 Å². The standard InChI is InChI=1S/C21H16Cl2N2O5S/c1-29-19-9-5-6-14(20(19)30-31(27,28)16-7-3-2-4-8-16)13-24-25-21(26)17-11-10-15(22)12-18(17)23/h2-13H,1H3,(H,25,26). The van der Waals surface area contributed by atoms with Crippen LogP contribution in [0.5, 0.6) is 11.5 Å². The first-order valence-electron chi connectivity index (χ1n) is 8.77. The number of benzene rings is 3. The van der Waals surface area contributed by atoms with Gasteiger partial charge in [0, 0.05) is 10.6 Å². The van der Waals surface area contributed by atoms with E-state index in [0.29, 0.717) is 5.02 Å². The molecule has 0 saturated carbocycles. The molecule has 7 nitrogen and oxygen atoms in total. The molecule has 160 valence electrons. The van der Waals surface area contributed by atoms with Crippen LogP contribution in [0.15, 0.2) is 76.7 Å². The van der Waals surface area contributed by atoms with E-state index < -0.39 is 16.0 Å². The van der Waals surface area contributed by atoms with Crippen LogP contribution in [-0.2, 0) is 10.1 Å². The van der Waals surface area contributed by atoms with Crippen molar-refractivity contribution in [3.05, 3.63) is 87.9 Å². The van der Waals surface area contributed by atoms with Crippen molar-refractivity contribution in [2.24, 2.45) is 5.10 Å². The number of hydrogen-bond donors (Lipinski definition) is 1. The minimum absolute atomic E-state index is 0.0190. The molecule has 0 aromatic heterocycles. The lowest BCUT2D eigenvalue weighted by Gasteiger charge is -2.13. The third kappa shape index (κ3) is 5.55. The monoisotopic (exact) mass is 478 g/mol. The highest BCUT2D eigenvalue weighted by Gasteiger charge is 2.21. The van der Waals surface area contributed by atoms with Crippen LogP contribution in [0.4, 0.5) is 0 Å². The van der Waals surface area contributed by atoms with Crippen LogP contribution in [-0.4, -0.2) is 27.6 Å². The van der Waals surface area contributed by atoms with Crippen molar-refractivity contribution in [3.63, 3.8) is 0 Å². The Morgan fingerprint density at radius 2 is 1.77 bits per heavy atom. The zero-order valence-corrected chi connectivity index (χ0v) is 18.4. The molecule has 0 bridgehead atoms. The highest BCUT2D eigenvalue weighted by molar-refractivity contribution is 7.87. The molecule has 1 N–H and O–H groups in total. The van der Waals surface area contributed by atoms with Gasteiger partial charge in [0.15, 0.2) is 11.5 Å². The molecule has 31 heavy (non-hydrogen) atoms. The summed E-state index contributed by atoms with van der Waals surface area (Å²) in [5, 5.41) is 4.43. The predicted molar refractivity (Wildman–Crippen MR) is 119 cm³/mol. The summed E-state index contributed by atoms with van der Waals surface area (Å²) in [6.07, 6.45) is 1.24. The van der Waals surface area contributed by atoms with Crippen molar-refractivity contribution in [2.45, 2.75) is 4.90 Å². The minimum atomic E-state index is -4.12. The maximum atomic E-state index is 12.6. The first-order valence-corrected chi connectivity index (χ1v) is 10.9. The fourth-order valence-corrected chi connectivity index (χ4v) is 4.00. The topological polar surface area (TPSA) is 94.1 Å². The van der Waals surface area contributed by atoms with Crippen molar-refractivity contribution < 1.29 is 22.1 Å². The van der Waals surface area contributed by atoms with Gasteiger partial charge in [-0.2, -0.15) is 13.5 Å². The lowest BCUT2D eigenvalue weighted by atomic mass is 10.2. The van der Waals surface area contributed by atoms with Crippen LogP contribution in [0.3, 0.4) is 0 Å². The number of nitrogens with zero attached hydrogens (tertiary/aromatic N) is 1. The number of carbonyl (C=O) groups is 1. The van der Waals surface area contributed by atoms with Crippen molar-refractivity contribution >= 4 is 45.4 Å². The van der Waals surface area contributed by atoms with Gasteiger partial charge >= 0.3 is 10.1 Å². The Labute approximate surface area is 189 Å². The Morgan fingerprint density at radius 1 is 1.03 bits per heavy atom. The van der Waals surface area contributed by atoms with Gasteiger partial charge in [0.25, 0.3) is 5.91 Å². The Kier molecular flexibility index (Phi) is 7.17. The second-order valence-electron chi connectivity index (χ2n) is 6.05. The molecule has 0 atom stereocenters. The van der Waals surface area contributed by atoms with E-state index in [-0.39, 0.29) is 32.5 Å². The van der Waals surface area contributed by atoms with Gasteiger partial charge in [0.05, 0.1) is 23.9 Å². The first-order chi connectivity index (χ1) is 14.8. The number of hydrogen-bond acceptors (Lipinski definition) is 6. The number of halogens is 2. The number of para-hydroxylation sites is 1. The summed E-state index contributed by atoms with van der Waals surface area (Å²) in [5.41, 5.74) is 2.77. The highest BCUT2D eigenvalue weighted by Crippen LogP contribution is 2.32. The zero-order chi connectivity index (χ0) is 22.4. The molecule has 3 rings (SSSR count). The van der Waals surface area contributed by atoms with Gasteiger partial charge < -0.3 is 8.92 Å². The molecular weight excluding hydrogens is 463 g/mol. The summed E-state index contributed by atoms with van der Waals surface area (Å²) >= 11 is 11.8. The number of ether oxygens (including phenoxy) is 1. The summed E-state index contributed by atoms with van der Waals surface area (Å²) in [6, 6.07) is 16.8. The molecule has 0 spiro atoms. The van der Waals surface area contributed by atoms with Crippen molar-refractivity contribution in [1.82, 2.24) is 5.43 Å². The van der Waals surface area contributed by atoms with E-state index in [1.807, 2.05) is 0 Å². The molecule has 0 aliphatic heterocycles. The number of hydrazone groups is 1. The lowest BCUT2D eigenvalue weighted by Crippen LogP contribution is -2.18. The Balaban J connectivity index is 1.86. The molecule has 3 aromatic carbocycles. The largest absolute Gasteiger partial charge is 0.493 e. The zero-order valence-electron chi connectivity index (χ0n) is 16.1. The van der Waals surface area contributed by atoms with Crippen LogP contribution in [0.25, 0.3) is 0 Å². The summed E-state index contributed by atoms with van der Waals surface area (Å²) in [5.74, 6) is -0.466. The van der Waals surface area contributed by atoms with Gasteiger partial charge in [-0.15, -0.1) is 0 Å². The fourth-order valence-electron chi connectivity index (χ4n) is 2.52. The molecule has 3 aromatic rings. The summed E-state index contributed by atoms with van der Waals surface area (Å²) in [4.78, 5) is 12.3. The Morgan fingerprint density at radius 3 is 2.45 bits per heavy atom. The molecular formula is C21H16Cl2N2O5S. The Bertz CT molecular complexity index is 1230. The van der Waals surface area contributed by atoms with E-state index in [0.717, 1.165) is 0 Å². The van der Waals surface area contributed by atoms with Crippen LogP contribution in [0.1, 0.15) is 15.9 Å². The van der Waals surface area contributed by atoms with Crippen LogP contribution < -0.4 is 14.3 Å². The van der Waals surface area contributed by atoms with Gasteiger partial charge in [-0.1, -0.05) is 47.5 Å². The molecule has 0 unspecified atom stereocenters. The second-order valence-corrected chi connectivity index (χ2v) is 8.44. The molecule has 0 saturated heterocycles. The van der Waals surface area contributed by atoms with Crippen LogP contribution in [0.2, 0.25) is 10.0 Å². The summed E-state index contributed by atoms with van der Waals surface area (Å²) < 4.78 is 35.8. The third-order valence-corrected chi connectivity index (χ3v) is 5.78. The van der Waals surface area contributed by atoms with Crippen molar-refractivity contribution in [3.8, 4) is 11.5 Å². The summed E-state index contributed by atoms with van der Waals surface area (Å²) in [7, 11) is -2.74. The smallest absolute Gasteiger partial charge is 0.339 e. The van der Waals surface area contributed by atoms with Crippen molar-refractivity contribution in [1.29, 1.82) is 0 Å². The number of methoxy groups -OCH3 is 1. The van der Waals surface area contributed by atoms with E-state index in [2.05, 4.69) is 10.5 Å². The lowest BCUT2D eigenvalue weighted by molar-refractivity contribution is 0.0955. The molecule has 0 fully saturated rings. The van der Waals surface area contributed by atoms with E-state index >= 15 is 0 Å². The maximum absolute atomic E-state index is 12.6. The molecule has 0 aliphatic carbocycles. The van der Waals surface area contributed by atoms with Gasteiger partial charge in [0.1, 0.15) is 4.90 Å². The normalized spacial score (nSPS) is 11.3. The van der Waals surface area contributed by atoms with Crippen LogP contribution >= 0.6 is 23.2 Å². The second kappa shape index (κ2) is 9.82. The average Bonchev–Trinajstić information content (AvgIpc) is 2.75. The molecule has 0 radical (unpaired) electrons. The molecule has 10 heteroatoms. The Hall–Kier alpha value is -3.07. The quantitative estimate of drug-likeness (QED) is 0.305. The van der Waals surface area contributed by atoms with E-state index in [1.54, 1.807) is 36.4 Å². The third-order valence-electron chi connectivity index (χ3n) is 4.00. The van der Waals surface area contributed by atoms with Gasteiger partial charge in [-0.05, 0) is 42.5 Å². The average molecular weight is 479 g/mol. The molecule has 0 aliphatic rings. The number of rotatable bonds is 7. The van der Waals surface area contributed by atoms with Gasteiger partial charge in [-0.3, -0.25) is 4.79 Å². The number of nitrogens with one attached hydrogen (secondary N) is 1. The van der Waals surface area contributed by atoms with Crippen LogP contribution in [0, 0.1) is 0 Å². The summed E-state index contributed by atoms with van der Waals surface area (Å²) in [6.45, 7) is 0.